The van der Waals surface area contributed by atoms with Gasteiger partial charge in [0.15, 0.2) is 0 Å². The van der Waals surface area contributed by atoms with Crippen LogP contribution in [0.25, 0.3) is 0 Å². The van der Waals surface area contributed by atoms with Crippen molar-refractivity contribution >= 4 is 11.8 Å². The molecule has 2 N–H and O–H groups in total. The Morgan fingerprint density at radius 2 is 1.64 bits per heavy atom. The number of amides is 2. The molecular weight excluding hydrogens is 440 g/mol. The third-order valence-corrected chi connectivity index (χ3v) is 6.99. The van der Waals surface area contributed by atoms with E-state index in [-0.39, 0.29) is 50.0 Å². The third kappa shape index (κ3) is 4.10. The zero-order valence-corrected chi connectivity index (χ0v) is 17.7. The molecule has 9 heteroatoms. The van der Waals surface area contributed by atoms with Crippen molar-refractivity contribution < 1.29 is 32.3 Å². The molecule has 2 aromatic carbocycles. The van der Waals surface area contributed by atoms with Gasteiger partial charge in [-0.15, -0.1) is 0 Å². The van der Waals surface area contributed by atoms with E-state index in [1.807, 2.05) is 0 Å². The minimum absolute atomic E-state index is 0.0327. The zero-order valence-electron chi connectivity index (χ0n) is 17.7. The van der Waals surface area contributed by atoms with Crippen molar-refractivity contribution in [1.29, 1.82) is 0 Å². The van der Waals surface area contributed by atoms with Gasteiger partial charge in [0, 0.05) is 37.5 Å². The Hall–Kier alpha value is -2.94. The SMILES string of the molecule is O=C1CC2(CCN(C(=O)C(O)(c3ccccc3)C(F)(F)F)CC2)[C@H](c2ccc(F)cc2)CN1. The summed E-state index contributed by atoms with van der Waals surface area (Å²) in [5, 5.41) is 13.4. The van der Waals surface area contributed by atoms with Gasteiger partial charge in [-0.1, -0.05) is 42.5 Å². The minimum atomic E-state index is -5.21. The molecule has 1 spiro atoms. The standard InChI is InChI=1S/C24H24F4N2O3/c25-18-8-6-16(7-9-18)19-15-29-20(31)14-22(19)10-12-30(13-11-22)21(32)23(33,24(26,27)28)17-4-2-1-3-5-17/h1-9,19,33H,10-15H2,(H,29,31)/t19-,23?/m0/s1. The molecule has 2 atom stereocenters. The van der Waals surface area contributed by atoms with Gasteiger partial charge in [-0.3, -0.25) is 9.59 Å². The predicted octanol–water partition coefficient (Wildman–Crippen LogP) is 3.49. The van der Waals surface area contributed by atoms with Crippen LogP contribution in [0.2, 0.25) is 0 Å². The first-order valence-electron chi connectivity index (χ1n) is 10.7. The summed E-state index contributed by atoms with van der Waals surface area (Å²) < 4.78 is 55.2. The molecule has 2 amide bonds. The molecule has 2 aliphatic rings. The molecule has 2 fully saturated rings. The van der Waals surface area contributed by atoms with Gasteiger partial charge in [0.1, 0.15) is 5.82 Å². The van der Waals surface area contributed by atoms with Crippen molar-refractivity contribution in [1.82, 2.24) is 10.2 Å². The molecule has 176 valence electrons. The van der Waals surface area contributed by atoms with Gasteiger partial charge in [-0.25, -0.2) is 4.39 Å². The van der Waals surface area contributed by atoms with E-state index in [1.165, 1.54) is 30.3 Å². The third-order valence-electron chi connectivity index (χ3n) is 6.99. The van der Waals surface area contributed by atoms with Crippen LogP contribution in [0.1, 0.15) is 36.3 Å². The number of halogens is 4. The van der Waals surface area contributed by atoms with E-state index in [1.54, 1.807) is 12.1 Å². The summed E-state index contributed by atoms with van der Waals surface area (Å²) in [6.45, 7) is 0.263. The lowest BCUT2D eigenvalue weighted by atomic mass is 9.62. The Kier molecular flexibility index (Phi) is 5.94. The molecule has 5 nitrogen and oxygen atoms in total. The first-order chi connectivity index (χ1) is 15.6. The second kappa shape index (κ2) is 8.44. The predicted molar refractivity (Wildman–Crippen MR) is 111 cm³/mol. The van der Waals surface area contributed by atoms with Gasteiger partial charge in [-0.2, -0.15) is 13.2 Å². The molecule has 1 unspecified atom stereocenters. The molecule has 0 aromatic heterocycles. The van der Waals surface area contributed by atoms with E-state index in [4.69, 9.17) is 0 Å². The Balaban J connectivity index is 1.59. The van der Waals surface area contributed by atoms with Crippen LogP contribution in [-0.4, -0.2) is 47.6 Å². The van der Waals surface area contributed by atoms with Crippen molar-refractivity contribution in [3.8, 4) is 0 Å². The van der Waals surface area contributed by atoms with E-state index < -0.39 is 28.7 Å². The van der Waals surface area contributed by atoms with Crippen LogP contribution in [0, 0.1) is 11.2 Å². The highest BCUT2D eigenvalue weighted by Gasteiger charge is 2.62. The fourth-order valence-electron chi connectivity index (χ4n) is 5.10. The summed E-state index contributed by atoms with van der Waals surface area (Å²) in [6, 6.07) is 12.3. The lowest BCUT2D eigenvalue weighted by Crippen LogP contribution is -2.59. The normalized spacial score (nSPS) is 22.5. The number of nitrogens with zero attached hydrogens (tertiary/aromatic N) is 1. The van der Waals surface area contributed by atoms with Crippen molar-refractivity contribution in [2.75, 3.05) is 19.6 Å². The fourth-order valence-corrected chi connectivity index (χ4v) is 5.10. The zero-order chi connectivity index (χ0) is 23.9. The van der Waals surface area contributed by atoms with Crippen LogP contribution in [0.5, 0.6) is 0 Å². The fraction of sp³-hybridized carbons (Fsp3) is 0.417. The van der Waals surface area contributed by atoms with Crippen LogP contribution < -0.4 is 5.32 Å². The molecule has 0 aliphatic carbocycles. The molecule has 2 aromatic rings. The summed E-state index contributed by atoms with van der Waals surface area (Å²) in [5.41, 5.74) is -3.93. The number of nitrogens with one attached hydrogen (secondary N) is 1. The van der Waals surface area contributed by atoms with E-state index in [2.05, 4.69) is 5.32 Å². The van der Waals surface area contributed by atoms with Crippen LogP contribution >= 0.6 is 0 Å². The van der Waals surface area contributed by atoms with E-state index >= 15 is 0 Å². The molecule has 0 radical (unpaired) electrons. The number of hydrogen-bond donors (Lipinski definition) is 2. The number of piperidine rings is 2. The summed E-state index contributed by atoms with van der Waals surface area (Å²) >= 11 is 0. The highest BCUT2D eigenvalue weighted by atomic mass is 19.4. The lowest BCUT2D eigenvalue weighted by molar-refractivity contribution is -0.262. The van der Waals surface area contributed by atoms with E-state index in [0.29, 0.717) is 6.54 Å². The average Bonchev–Trinajstić information content (AvgIpc) is 2.79. The van der Waals surface area contributed by atoms with E-state index in [9.17, 15) is 32.3 Å². The highest BCUT2D eigenvalue weighted by Crippen LogP contribution is 2.50. The summed E-state index contributed by atoms with van der Waals surface area (Å²) in [4.78, 5) is 26.3. The number of hydrogen-bond acceptors (Lipinski definition) is 3. The molecule has 2 heterocycles. The smallest absolute Gasteiger partial charge is 0.369 e. The number of carbonyl (C=O) groups excluding carboxylic acids is 2. The Morgan fingerprint density at radius 1 is 1.03 bits per heavy atom. The van der Waals surface area contributed by atoms with Gasteiger partial charge in [0.05, 0.1) is 0 Å². The first-order valence-corrected chi connectivity index (χ1v) is 10.7. The second-order valence-electron chi connectivity index (χ2n) is 8.81. The molecule has 4 rings (SSSR count). The second-order valence-corrected chi connectivity index (χ2v) is 8.81. The summed E-state index contributed by atoms with van der Waals surface area (Å²) in [6.07, 6.45) is -4.46. The molecule has 2 saturated heterocycles. The van der Waals surface area contributed by atoms with Crippen molar-refractivity contribution in [3.05, 3.63) is 71.5 Å². The van der Waals surface area contributed by atoms with Crippen molar-refractivity contribution in [2.45, 2.75) is 37.0 Å². The largest absolute Gasteiger partial charge is 0.430 e. The molecule has 2 aliphatic heterocycles. The Labute approximate surface area is 188 Å². The van der Waals surface area contributed by atoms with Crippen LogP contribution in [0.15, 0.2) is 54.6 Å². The summed E-state index contributed by atoms with van der Waals surface area (Å²) in [5.74, 6) is -2.14. The number of carbonyl (C=O) groups is 2. The Bertz CT molecular complexity index is 1020. The number of aliphatic hydroxyl groups is 1. The van der Waals surface area contributed by atoms with Gasteiger partial charge in [0.25, 0.3) is 11.5 Å². The first kappa shape index (κ1) is 23.2. The van der Waals surface area contributed by atoms with Crippen LogP contribution in [-0.2, 0) is 15.2 Å². The number of rotatable bonds is 3. The Morgan fingerprint density at radius 3 is 2.21 bits per heavy atom. The maximum atomic E-state index is 13.9. The van der Waals surface area contributed by atoms with Crippen LogP contribution in [0.4, 0.5) is 17.6 Å². The quantitative estimate of drug-likeness (QED) is 0.684. The topological polar surface area (TPSA) is 69.6 Å². The monoisotopic (exact) mass is 464 g/mol. The maximum absolute atomic E-state index is 13.9. The average molecular weight is 464 g/mol. The van der Waals surface area contributed by atoms with Gasteiger partial charge < -0.3 is 15.3 Å². The maximum Gasteiger partial charge on any atom is 0.430 e. The lowest BCUT2D eigenvalue weighted by Gasteiger charge is -2.50. The molecule has 0 bridgehead atoms. The molecule has 0 saturated carbocycles. The van der Waals surface area contributed by atoms with Crippen molar-refractivity contribution in [2.24, 2.45) is 5.41 Å². The minimum Gasteiger partial charge on any atom is -0.369 e. The van der Waals surface area contributed by atoms with Crippen LogP contribution in [0.3, 0.4) is 0 Å². The summed E-state index contributed by atoms with van der Waals surface area (Å²) in [7, 11) is 0. The van der Waals surface area contributed by atoms with E-state index in [0.717, 1.165) is 22.6 Å². The number of alkyl halides is 3. The molecule has 33 heavy (non-hydrogen) atoms. The number of benzene rings is 2. The van der Waals surface area contributed by atoms with Gasteiger partial charge in [0.2, 0.25) is 5.91 Å². The highest BCUT2D eigenvalue weighted by molar-refractivity contribution is 5.87. The van der Waals surface area contributed by atoms with Gasteiger partial charge in [-0.05, 0) is 36.0 Å². The molecular formula is C24H24F4N2O3. The van der Waals surface area contributed by atoms with Gasteiger partial charge >= 0.3 is 6.18 Å². The number of likely N-dealkylation sites (tertiary alicyclic amines) is 1. The van der Waals surface area contributed by atoms with Crippen molar-refractivity contribution in [3.63, 3.8) is 0 Å².